The van der Waals surface area contributed by atoms with Crippen molar-refractivity contribution in [3.05, 3.63) is 17.8 Å². The number of carbonyl (C=O) groups is 1. The van der Waals surface area contributed by atoms with Gasteiger partial charge in [-0.05, 0) is 23.8 Å². The number of thiophene rings is 1. The smallest absolute Gasteiger partial charge is 0.222 e. The van der Waals surface area contributed by atoms with Crippen LogP contribution in [0.3, 0.4) is 0 Å². The number of aliphatic hydroxyl groups excluding tert-OH is 1. The predicted molar refractivity (Wildman–Crippen MR) is 94.2 cm³/mol. The molecule has 1 aliphatic heterocycles. The lowest BCUT2D eigenvalue weighted by Gasteiger charge is -2.23. The number of nitrogens with zero attached hydrogens (tertiary/aromatic N) is 4. The molecule has 2 aromatic rings. The molecule has 2 aliphatic rings. The molecule has 6 nitrogen and oxygen atoms in total. The van der Waals surface area contributed by atoms with Crippen LogP contribution in [-0.4, -0.2) is 58.2 Å². The van der Waals surface area contributed by atoms with Gasteiger partial charge in [-0.15, -0.1) is 11.3 Å². The summed E-state index contributed by atoms with van der Waals surface area (Å²) >= 11 is 1.61. The molecule has 0 radical (unpaired) electrons. The minimum atomic E-state index is -0.553. The maximum atomic E-state index is 12.4. The van der Waals surface area contributed by atoms with E-state index in [-0.39, 0.29) is 5.91 Å². The molecule has 1 N–H and O–H groups in total. The van der Waals surface area contributed by atoms with Gasteiger partial charge in [-0.25, -0.2) is 9.97 Å². The zero-order valence-electron chi connectivity index (χ0n) is 13.6. The normalized spacial score (nSPS) is 22.0. The van der Waals surface area contributed by atoms with Crippen LogP contribution in [-0.2, 0) is 4.79 Å². The molecule has 1 atom stereocenters. The molecule has 128 valence electrons. The summed E-state index contributed by atoms with van der Waals surface area (Å²) in [6.07, 6.45) is 5.17. The number of carbonyl (C=O) groups excluding carboxylic acids is 1. The monoisotopic (exact) mass is 346 g/mol. The molecule has 7 heteroatoms. The van der Waals surface area contributed by atoms with Crippen LogP contribution in [0.15, 0.2) is 17.8 Å². The molecule has 2 aromatic heterocycles. The molecule has 1 saturated carbocycles. The van der Waals surface area contributed by atoms with Gasteiger partial charge >= 0.3 is 0 Å². The van der Waals surface area contributed by atoms with Crippen LogP contribution in [0.1, 0.15) is 25.7 Å². The lowest BCUT2D eigenvalue weighted by Crippen LogP contribution is -2.37. The summed E-state index contributed by atoms with van der Waals surface area (Å²) in [5.41, 5.74) is 0.932. The summed E-state index contributed by atoms with van der Waals surface area (Å²) in [6, 6.07) is 1.98. The van der Waals surface area contributed by atoms with Crippen LogP contribution in [0.5, 0.6) is 0 Å². The molecule has 4 rings (SSSR count). The quantitative estimate of drug-likeness (QED) is 0.915. The van der Waals surface area contributed by atoms with Crippen LogP contribution in [0, 0.1) is 5.92 Å². The third kappa shape index (κ3) is 3.37. The number of anilines is 1. The Balaban J connectivity index is 1.47. The van der Waals surface area contributed by atoms with Crippen LogP contribution in [0.4, 0.5) is 5.82 Å². The predicted octanol–water partition coefficient (Wildman–Crippen LogP) is 1.89. The second kappa shape index (κ2) is 6.64. The van der Waals surface area contributed by atoms with E-state index in [9.17, 15) is 9.90 Å². The van der Waals surface area contributed by atoms with Crippen molar-refractivity contribution in [3.8, 4) is 0 Å². The number of amides is 1. The number of β-amino-alcohol motifs (C(OH)–C–C–N with tert-alkyl or cyclic N) is 1. The van der Waals surface area contributed by atoms with E-state index in [4.69, 9.17) is 0 Å². The lowest BCUT2D eigenvalue weighted by molar-refractivity contribution is -0.132. The second-order valence-corrected chi connectivity index (χ2v) is 7.67. The van der Waals surface area contributed by atoms with E-state index in [1.807, 2.05) is 16.3 Å². The summed E-state index contributed by atoms with van der Waals surface area (Å²) in [5.74, 6) is 1.79. The van der Waals surface area contributed by atoms with Gasteiger partial charge in [0.1, 0.15) is 12.1 Å². The Hall–Kier alpha value is -1.73. The van der Waals surface area contributed by atoms with Crippen molar-refractivity contribution < 1.29 is 9.90 Å². The molecule has 0 bridgehead atoms. The van der Waals surface area contributed by atoms with Gasteiger partial charge in [0.15, 0.2) is 0 Å². The molecule has 0 spiro atoms. The van der Waals surface area contributed by atoms with Gasteiger partial charge in [-0.3, -0.25) is 4.79 Å². The van der Waals surface area contributed by atoms with Gasteiger partial charge in [0.2, 0.25) is 5.91 Å². The van der Waals surface area contributed by atoms with E-state index in [1.165, 1.54) is 12.8 Å². The van der Waals surface area contributed by atoms with Gasteiger partial charge in [0, 0.05) is 32.6 Å². The average molecular weight is 346 g/mol. The first-order valence-electron chi connectivity index (χ1n) is 8.59. The summed E-state index contributed by atoms with van der Waals surface area (Å²) in [6.45, 7) is 2.24. The number of aliphatic hydroxyl groups is 1. The van der Waals surface area contributed by atoms with Crippen molar-refractivity contribution in [2.24, 2.45) is 5.92 Å². The van der Waals surface area contributed by atoms with Gasteiger partial charge in [-0.1, -0.05) is 12.8 Å². The second-order valence-electron chi connectivity index (χ2n) is 6.75. The Kier molecular flexibility index (Phi) is 4.37. The van der Waals surface area contributed by atoms with Crippen LogP contribution >= 0.6 is 11.3 Å². The minimum Gasteiger partial charge on any atom is -0.389 e. The lowest BCUT2D eigenvalue weighted by atomic mass is 10.2. The summed E-state index contributed by atoms with van der Waals surface area (Å²) in [4.78, 5) is 25.0. The van der Waals surface area contributed by atoms with E-state index in [0.29, 0.717) is 32.6 Å². The number of hydrogen-bond acceptors (Lipinski definition) is 6. The van der Waals surface area contributed by atoms with E-state index < -0.39 is 6.10 Å². The van der Waals surface area contributed by atoms with Gasteiger partial charge in [-0.2, -0.15) is 0 Å². The fourth-order valence-electron chi connectivity index (χ4n) is 3.30. The van der Waals surface area contributed by atoms with Gasteiger partial charge in [0.25, 0.3) is 0 Å². The summed E-state index contributed by atoms with van der Waals surface area (Å²) < 4.78 is 1.04. The van der Waals surface area contributed by atoms with Crippen molar-refractivity contribution in [1.29, 1.82) is 0 Å². The van der Waals surface area contributed by atoms with Crippen molar-refractivity contribution in [3.63, 3.8) is 0 Å². The van der Waals surface area contributed by atoms with Crippen LogP contribution < -0.4 is 4.90 Å². The fourth-order valence-corrected chi connectivity index (χ4v) is 4.16. The molecular weight excluding hydrogens is 324 g/mol. The molecule has 0 aromatic carbocycles. The highest BCUT2D eigenvalue weighted by molar-refractivity contribution is 7.17. The third-order valence-electron chi connectivity index (χ3n) is 4.84. The van der Waals surface area contributed by atoms with E-state index in [1.54, 1.807) is 17.7 Å². The molecule has 2 fully saturated rings. The molecule has 1 aliphatic carbocycles. The van der Waals surface area contributed by atoms with Crippen molar-refractivity contribution >= 4 is 33.3 Å². The highest BCUT2D eigenvalue weighted by Crippen LogP contribution is 2.33. The zero-order valence-corrected chi connectivity index (χ0v) is 14.4. The number of aromatic nitrogens is 2. The zero-order chi connectivity index (χ0) is 16.5. The maximum absolute atomic E-state index is 12.4. The first kappa shape index (κ1) is 15.8. The van der Waals surface area contributed by atoms with Gasteiger partial charge in [0.05, 0.1) is 16.3 Å². The highest BCUT2D eigenvalue weighted by atomic mass is 32.1. The van der Waals surface area contributed by atoms with Crippen LogP contribution in [0.2, 0.25) is 0 Å². The molecule has 1 saturated heterocycles. The first-order chi connectivity index (χ1) is 11.7. The Morgan fingerprint density at radius 3 is 3.00 bits per heavy atom. The van der Waals surface area contributed by atoms with E-state index in [2.05, 4.69) is 14.9 Å². The SMILES string of the molecule is O=C(CCC1CC1)N1CCN(c2ncnc3ccsc23)C[C@H](O)C1. The maximum Gasteiger partial charge on any atom is 0.222 e. The number of hydrogen-bond donors (Lipinski definition) is 1. The minimum absolute atomic E-state index is 0.173. The van der Waals surface area contributed by atoms with Crippen LogP contribution in [0.25, 0.3) is 10.2 Å². The van der Waals surface area contributed by atoms with Crippen molar-refractivity contribution in [2.75, 3.05) is 31.1 Å². The molecule has 0 unspecified atom stereocenters. The Bertz CT molecular complexity index is 730. The standard InChI is InChI=1S/C17H22N4O2S/c22-13-9-20(15(23)4-3-12-1-2-12)6-7-21(10-13)17-16-14(5-8-24-16)18-11-19-17/h5,8,11-13,22H,1-4,6-7,9-10H2/t13-/m1/s1. The van der Waals surface area contributed by atoms with Crippen molar-refractivity contribution in [1.82, 2.24) is 14.9 Å². The Morgan fingerprint density at radius 2 is 2.17 bits per heavy atom. The van der Waals surface area contributed by atoms with E-state index >= 15 is 0 Å². The average Bonchev–Trinajstić information content (AvgIpc) is 3.32. The number of rotatable bonds is 4. The first-order valence-corrected chi connectivity index (χ1v) is 9.47. The van der Waals surface area contributed by atoms with Crippen molar-refractivity contribution in [2.45, 2.75) is 31.8 Å². The summed E-state index contributed by atoms with van der Waals surface area (Å²) in [7, 11) is 0. The molecular formula is C17H22N4O2S. The highest BCUT2D eigenvalue weighted by Gasteiger charge is 2.28. The molecule has 3 heterocycles. The summed E-state index contributed by atoms with van der Waals surface area (Å²) in [5, 5.41) is 12.4. The fraction of sp³-hybridized carbons (Fsp3) is 0.588. The topological polar surface area (TPSA) is 69.6 Å². The largest absolute Gasteiger partial charge is 0.389 e. The molecule has 24 heavy (non-hydrogen) atoms. The Labute approximate surface area is 145 Å². The number of fused-ring (bicyclic) bond motifs is 1. The van der Waals surface area contributed by atoms with Gasteiger partial charge < -0.3 is 14.9 Å². The van der Waals surface area contributed by atoms with E-state index in [0.717, 1.165) is 28.4 Å². The Morgan fingerprint density at radius 1 is 1.29 bits per heavy atom. The molecule has 1 amide bonds. The third-order valence-corrected chi connectivity index (χ3v) is 5.74.